The van der Waals surface area contributed by atoms with Gasteiger partial charge in [-0.3, -0.25) is 24.2 Å². The van der Waals surface area contributed by atoms with E-state index in [1.54, 1.807) is 18.2 Å². The molecule has 1 unspecified atom stereocenters. The van der Waals surface area contributed by atoms with Crippen LogP contribution in [0.4, 0.5) is 28.9 Å². The Morgan fingerprint density at radius 3 is 2.38 bits per heavy atom. The van der Waals surface area contributed by atoms with E-state index in [4.69, 9.17) is 5.41 Å². The zero-order valence-electron chi connectivity index (χ0n) is 23.5. The monoisotopic (exact) mass is 636 g/mol. The molecule has 0 saturated carbocycles. The van der Waals surface area contributed by atoms with Crippen LogP contribution >= 0.6 is 0 Å². The molecule has 0 spiro atoms. The third-order valence-electron chi connectivity index (χ3n) is 6.78. The molecule has 1 atom stereocenters. The van der Waals surface area contributed by atoms with Crippen molar-refractivity contribution in [3.63, 3.8) is 0 Å². The van der Waals surface area contributed by atoms with Crippen LogP contribution < -0.4 is 10.0 Å². The summed E-state index contributed by atoms with van der Waals surface area (Å²) < 4.78 is 74.3. The van der Waals surface area contributed by atoms with Crippen molar-refractivity contribution in [2.45, 2.75) is 18.7 Å². The first-order valence-corrected chi connectivity index (χ1v) is 14.2. The Morgan fingerprint density at radius 1 is 0.956 bits per heavy atom. The molecule has 9 nitrogen and oxygen atoms in total. The van der Waals surface area contributed by atoms with Crippen LogP contribution in [-0.4, -0.2) is 37.6 Å². The van der Waals surface area contributed by atoms with Crippen molar-refractivity contribution >= 4 is 57.2 Å². The molecule has 0 saturated heterocycles. The minimum Gasteiger partial charge on any atom is -0.308 e. The quantitative estimate of drug-likeness (QED) is 0.0950. The molecule has 0 fully saturated rings. The Balaban J connectivity index is 1.60. The minimum atomic E-state index is -2.53. The van der Waals surface area contributed by atoms with Crippen molar-refractivity contribution in [1.82, 2.24) is 9.55 Å². The van der Waals surface area contributed by atoms with Crippen LogP contribution in [0.25, 0.3) is 22.2 Å². The fraction of sp³-hybridized carbons (Fsp3) is 0.0645. The van der Waals surface area contributed by atoms with Crippen molar-refractivity contribution in [3.05, 3.63) is 107 Å². The van der Waals surface area contributed by atoms with E-state index in [1.165, 1.54) is 31.4 Å². The fourth-order valence-corrected chi connectivity index (χ4v) is 5.60. The van der Waals surface area contributed by atoms with Gasteiger partial charge >= 0.3 is 5.91 Å². The second kappa shape index (κ2) is 12.3. The number of anilines is 1. The maximum Gasteiger partial charge on any atom is 0.312 e. The minimum absolute atomic E-state index is 0.0289. The number of hydrogen-bond acceptors (Lipinski definition) is 6. The Morgan fingerprint density at radius 2 is 1.69 bits per heavy atom. The Labute approximate surface area is 255 Å². The van der Waals surface area contributed by atoms with E-state index in [2.05, 4.69) is 9.71 Å². The number of ketones is 1. The van der Waals surface area contributed by atoms with Gasteiger partial charge in [0.25, 0.3) is 0 Å². The van der Waals surface area contributed by atoms with Crippen molar-refractivity contribution in [3.8, 4) is 11.1 Å². The third kappa shape index (κ3) is 6.05. The number of halogens is 4. The number of carbonyl (C=O) groups is 3. The average Bonchev–Trinajstić information content (AvgIpc) is 3.39. The second-order valence-electron chi connectivity index (χ2n) is 9.83. The van der Waals surface area contributed by atoms with E-state index in [-0.39, 0.29) is 22.5 Å². The summed E-state index contributed by atoms with van der Waals surface area (Å²) >= 11 is 0. The SMILES string of the molecule is CC(=O)[NH2+]c1ccc(-c2cnc3c(c2)c(C(=O)c2c(F)ccc(NS(=O)c4cc(F)ccc4F)c2F)cn3C(C)=O)cc1C=N. The van der Waals surface area contributed by atoms with Gasteiger partial charge < -0.3 is 5.41 Å². The summed E-state index contributed by atoms with van der Waals surface area (Å²) in [4.78, 5) is 41.4. The van der Waals surface area contributed by atoms with Crippen molar-refractivity contribution < 1.29 is 41.5 Å². The lowest BCUT2D eigenvalue weighted by Crippen LogP contribution is -2.81. The summed E-state index contributed by atoms with van der Waals surface area (Å²) in [5.41, 5.74) is -0.0413. The summed E-state index contributed by atoms with van der Waals surface area (Å²) in [6.45, 7) is 2.58. The van der Waals surface area contributed by atoms with Crippen LogP contribution in [0.2, 0.25) is 0 Å². The van der Waals surface area contributed by atoms with E-state index in [1.807, 2.05) is 0 Å². The molecule has 2 aromatic heterocycles. The lowest BCUT2D eigenvalue weighted by Gasteiger charge is -2.11. The molecular weight excluding hydrogens is 614 g/mol. The molecule has 2 heterocycles. The molecule has 0 aliphatic rings. The number of benzene rings is 3. The van der Waals surface area contributed by atoms with Crippen LogP contribution in [0, 0.1) is 28.7 Å². The largest absolute Gasteiger partial charge is 0.312 e. The van der Waals surface area contributed by atoms with Gasteiger partial charge in [-0.15, -0.1) is 0 Å². The van der Waals surface area contributed by atoms with Crippen LogP contribution in [0.5, 0.6) is 0 Å². The predicted molar refractivity (Wildman–Crippen MR) is 158 cm³/mol. The van der Waals surface area contributed by atoms with Gasteiger partial charge in [0, 0.05) is 42.5 Å². The molecule has 228 valence electrons. The van der Waals surface area contributed by atoms with Gasteiger partial charge in [-0.2, -0.15) is 0 Å². The average molecular weight is 637 g/mol. The standard InChI is InChI=1S/C31H21F4N5O4S/c1-15(41)38-25-7-3-17(9-18(25)12-36)19-10-21-22(14-40(16(2)42)31(21)37-13-19)30(43)28-24(34)6-8-26(29(28)35)39-45(44)27-11-20(32)4-5-23(27)33/h3-14,36,39H,1-2H3,(H,38,41)/p+1. The molecule has 5 rings (SSSR count). The first-order chi connectivity index (χ1) is 21.4. The van der Waals surface area contributed by atoms with E-state index in [0.717, 1.165) is 41.2 Å². The number of aromatic nitrogens is 2. The summed E-state index contributed by atoms with van der Waals surface area (Å²) in [7, 11) is -2.53. The van der Waals surface area contributed by atoms with Gasteiger partial charge in [-0.25, -0.2) is 31.5 Å². The fourth-order valence-electron chi connectivity index (χ4n) is 4.66. The normalized spacial score (nSPS) is 11.8. The molecule has 1 amide bonds. The smallest absolute Gasteiger partial charge is 0.308 e. The molecule has 0 aliphatic heterocycles. The van der Waals surface area contributed by atoms with E-state index in [9.17, 15) is 27.4 Å². The lowest BCUT2D eigenvalue weighted by molar-refractivity contribution is -0.481. The van der Waals surface area contributed by atoms with E-state index in [0.29, 0.717) is 28.4 Å². The highest BCUT2D eigenvalue weighted by molar-refractivity contribution is 7.86. The van der Waals surface area contributed by atoms with Crippen LogP contribution in [0.1, 0.15) is 40.1 Å². The summed E-state index contributed by atoms with van der Waals surface area (Å²) in [6, 6.07) is 10.2. The third-order valence-corrected chi connectivity index (χ3v) is 7.89. The zero-order chi connectivity index (χ0) is 32.6. The number of hydrogen-bond donors (Lipinski definition) is 3. The highest BCUT2D eigenvalue weighted by Gasteiger charge is 2.27. The number of fused-ring (bicyclic) bond motifs is 1. The van der Waals surface area contributed by atoms with Crippen molar-refractivity contribution in [2.24, 2.45) is 0 Å². The number of rotatable bonds is 8. The first kappa shape index (κ1) is 31.1. The lowest BCUT2D eigenvalue weighted by atomic mass is 9.99. The number of carbonyl (C=O) groups excluding carboxylic acids is 3. The Hall–Kier alpha value is -5.34. The Kier molecular flexibility index (Phi) is 8.53. The predicted octanol–water partition coefficient (Wildman–Crippen LogP) is 5.02. The molecule has 0 bridgehead atoms. The van der Waals surface area contributed by atoms with Crippen LogP contribution in [0.3, 0.4) is 0 Å². The molecular formula is C31H22F4N5O4S+. The van der Waals surface area contributed by atoms with Crippen LogP contribution in [-0.2, 0) is 15.8 Å². The van der Waals surface area contributed by atoms with E-state index >= 15 is 8.78 Å². The zero-order valence-corrected chi connectivity index (χ0v) is 24.3. The van der Waals surface area contributed by atoms with Gasteiger partial charge in [-0.1, -0.05) is 0 Å². The van der Waals surface area contributed by atoms with E-state index < -0.39 is 62.1 Å². The van der Waals surface area contributed by atoms with Gasteiger partial charge in [0.2, 0.25) is 11.7 Å². The molecule has 0 radical (unpaired) electrons. The second-order valence-corrected chi connectivity index (χ2v) is 11.0. The number of nitrogens with zero attached hydrogens (tertiary/aromatic N) is 2. The van der Waals surface area contributed by atoms with Gasteiger partial charge in [0.15, 0.2) is 16.8 Å². The van der Waals surface area contributed by atoms with Gasteiger partial charge in [0.05, 0.1) is 34.2 Å². The summed E-state index contributed by atoms with van der Waals surface area (Å²) in [5, 5.41) is 9.18. The topological polar surface area (TPSA) is 139 Å². The van der Waals surface area contributed by atoms with Gasteiger partial charge in [0.1, 0.15) is 28.8 Å². The maximum atomic E-state index is 15.7. The number of nitrogens with two attached hydrogens (primary N) is 1. The number of pyridine rings is 1. The molecule has 45 heavy (non-hydrogen) atoms. The van der Waals surface area contributed by atoms with Crippen molar-refractivity contribution in [1.29, 1.82) is 5.41 Å². The number of primary amides is 1. The van der Waals surface area contributed by atoms with Gasteiger partial charge in [-0.05, 0) is 54.1 Å². The molecule has 14 heteroatoms. The maximum absolute atomic E-state index is 15.7. The number of nitrogens with one attached hydrogen (secondary N) is 2. The highest BCUT2D eigenvalue weighted by Crippen LogP contribution is 2.32. The number of amides is 1. The molecule has 3 aromatic carbocycles. The number of quaternary nitrogens is 1. The van der Waals surface area contributed by atoms with Crippen LogP contribution in [0.15, 0.2) is 71.9 Å². The molecule has 5 aromatic rings. The summed E-state index contributed by atoms with van der Waals surface area (Å²) in [5.74, 6) is -6.59. The first-order valence-electron chi connectivity index (χ1n) is 13.1. The molecule has 0 aliphatic carbocycles. The van der Waals surface area contributed by atoms with Crippen molar-refractivity contribution in [2.75, 3.05) is 4.72 Å². The Bertz CT molecular complexity index is 2100. The molecule has 4 N–H and O–H groups in total. The highest BCUT2D eigenvalue weighted by atomic mass is 32.2. The summed E-state index contributed by atoms with van der Waals surface area (Å²) in [6.07, 6.45) is 3.58.